The van der Waals surface area contributed by atoms with Gasteiger partial charge >= 0.3 is 0 Å². The molecule has 28 heavy (non-hydrogen) atoms. The van der Waals surface area contributed by atoms with E-state index in [0.717, 1.165) is 42.7 Å². The lowest BCUT2D eigenvalue weighted by atomic mass is 9.94. The largest absolute Gasteiger partial charge is 0.361 e. The van der Waals surface area contributed by atoms with Crippen molar-refractivity contribution in [2.45, 2.75) is 72.9 Å². The van der Waals surface area contributed by atoms with E-state index in [-0.39, 0.29) is 24.0 Å². The first-order chi connectivity index (χ1) is 13.0. The summed E-state index contributed by atoms with van der Waals surface area (Å²) in [6.07, 6.45) is 4.36. The molecular weight excluding hydrogens is 465 g/mol. The number of hydrogen-bond donors (Lipinski definition) is 2. The van der Waals surface area contributed by atoms with Crippen LogP contribution in [-0.4, -0.2) is 48.7 Å². The van der Waals surface area contributed by atoms with Crippen LogP contribution in [0.15, 0.2) is 9.52 Å². The highest BCUT2D eigenvalue weighted by atomic mass is 127. The molecule has 162 valence electrons. The van der Waals surface area contributed by atoms with Crippen LogP contribution in [0.5, 0.6) is 0 Å². The molecule has 6 nitrogen and oxygen atoms in total. The number of aryl methyl sites for hydroxylation is 2. The zero-order valence-corrected chi connectivity index (χ0v) is 20.9. The van der Waals surface area contributed by atoms with Crippen molar-refractivity contribution in [1.82, 2.24) is 20.7 Å². The molecule has 1 aromatic rings. The summed E-state index contributed by atoms with van der Waals surface area (Å²) in [5, 5.41) is 11.2. The van der Waals surface area contributed by atoms with Crippen LogP contribution in [0.25, 0.3) is 0 Å². The summed E-state index contributed by atoms with van der Waals surface area (Å²) < 4.78 is 5.46. The van der Waals surface area contributed by atoms with Crippen molar-refractivity contribution >= 4 is 29.9 Å². The molecule has 0 bridgehead atoms. The Hall–Kier alpha value is -0.830. The van der Waals surface area contributed by atoms with Crippen LogP contribution < -0.4 is 10.6 Å². The number of nitrogens with one attached hydrogen (secondary N) is 2. The molecule has 1 unspecified atom stereocenters. The zero-order valence-electron chi connectivity index (χ0n) is 18.5. The highest BCUT2D eigenvalue weighted by molar-refractivity contribution is 14.0. The maximum atomic E-state index is 5.46. The summed E-state index contributed by atoms with van der Waals surface area (Å²) in [6.45, 7) is 15.2. The van der Waals surface area contributed by atoms with E-state index < -0.39 is 0 Å². The molecule has 1 fully saturated rings. The van der Waals surface area contributed by atoms with Gasteiger partial charge in [0.1, 0.15) is 5.76 Å². The molecule has 1 aliphatic heterocycles. The number of halogens is 1. The van der Waals surface area contributed by atoms with E-state index in [1.54, 1.807) is 0 Å². The van der Waals surface area contributed by atoms with Gasteiger partial charge in [-0.05, 0) is 44.2 Å². The third-order valence-electron chi connectivity index (χ3n) is 5.80. The van der Waals surface area contributed by atoms with Gasteiger partial charge in [-0.2, -0.15) is 0 Å². The maximum absolute atomic E-state index is 5.46. The highest BCUT2D eigenvalue weighted by Gasteiger charge is 2.25. The molecule has 0 radical (unpaired) electrons. The summed E-state index contributed by atoms with van der Waals surface area (Å²) >= 11 is 0. The minimum absolute atomic E-state index is 0. The number of rotatable bonds is 8. The number of hydrogen-bond acceptors (Lipinski definition) is 4. The quantitative estimate of drug-likeness (QED) is 0.319. The van der Waals surface area contributed by atoms with Gasteiger partial charge < -0.3 is 15.2 Å². The Bertz CT molecular complexity index is 572. The summed E-state index contributed by atoms with van der Waals surface area (Å²) in [6, 6.07) is 0.532. The van der Waals surface area contributed by atoms with Gasteiger partial charge in [-0.25, -0.2) is 0 Å². The van der Waals surface area contributed by atoms with Crippen LogP contribution in [0.1, 0.15) is 64.5 Å². The average Bonchev–Trinajstić information content (AvgIpc) is 3.07. The Kier molecular flexibility index (Phi) is 11.4. The fourth-order valence-corrected chi connectivity index (χ4v) is 3.88. The topological polar surface area (TPSA) is 65.7 Å². The summed E-state index contributed by atoms with van der Waals surface area (Å²) in [5.41, 5.74) is 2.21. The first-order valence-corrected chi connectivity index (χ1v) is 10.6. The van der Waals surface area contributed by atoms with Crippen molar-refractivity contribution in [3.05, 3.63) is 17.0 Å². The Morgan fingerprint density at radius 2 is 1.89 bits per heavy atom. The minimum Gasteiger partial charge on any atom is -0.361 e. The molecule has 0 spiro atoms. The normalized spacial score (nSPS) is 17.5. The standard InChI is InChI=1S/C21H39N5O.HI/c1-7-18-17(20(8-2)27-25-18)13-23-21(22-6)24-14-19(15(3)4)26-11-9-16(5)10-12-26;/h15-16,19H,7-14H2,1-6H3,(H2,22,23,24);1H. The highest BCUT2D eigenvalue weighted by Crippen LogP contribution is 2.21. The number of guanidine groups is 1. The van der Waals surface area contributed by atoms with Gasteiger partial charge in [-0.15, -0.1) is 24.0 Å². The van der Waals surface area contributed by atoms with Crippen molar-refractivity contribution in [3.8, 4) is 0 Å². The number of likely N-dealkylation sites (tertiary alicyclic amines) is 1. The zero-order chi connectivity index (χ0) is 19.8. The van der Waals surface area contributed by atoms with Crippen LogP contribution in [0, 0.1) is 11.8 Å². The van der Waals surface area contributed by atoms with E-state index in [1.807, 2.05) is 7.05 Å². The van der Waals surface area contributed by atoms with Crippen molar-refractivity contribution in [1.29, 1.82) is 0 Å². The molecule has 2 heterocycles. The molecule has 1 saturated heterocycles. The fraction of sp³-hybridized carbons (Fsp3) is 0.810. The van der Waals surface area contributed by atoms with Crippen LogP contribution in [0.3, 0.4) is 0 Å². The van der Waals surface area contributed by atoms with Gasteiger partial charge in [0.05, 0.1) is 5.69 Å². The van der Waals surface area contributed by atoms with Gasteiger partial charge in [0, 0.05) is 38.2 Å². The molecule has 0 aliphatic carbocycles. The Labute approximate surface area is 188 Å². The monoisotopic (exact) mass is 505 g/mol. The SMILES string of the molecule is CCc1noc(CC)c1CNC(=NC)NCC(C(C)C)N1CCC(C)CC1.I. The minimum atomic E-state index is 0. The molecule has 0 amide bonds. The molecule has 1 aliphatic rings. The second-order valence-corrected chi connectivity index (χ2v) is 8.07. The average molecular weight is 505 g/mol. The van der Waals surface area contributed by atoms with Crippen LogP contribution in [0.2, 0.25) is 0 Å². The van der Waals surface area contributed by atoms with Crippen molar-refractivity contribution in [3.63, 3.8) is 0 Å². The predicted molar refractivity (Wildman–Crippen MR) is 127 cm³/mol. The summed E-state index contributed by atoms with van der Waals surface area (Å²) in [4.78, 5) is 7.06. The van der Waals surface area contributed by atoms with Crippen molar-refractivity contribution in [2.75, 3.05) is 26.7 Å². The van der Waals surface area contributed by atoms with E-state index >= 15 is 0 Å². The second kappa shape index (κ2) is 12.7. The molecule has 1 aromatic heterocycles. The Morgan fingerprint density at radius 3 is 2.43 bits per heavy atom. The third-order valence-corrected chi connectivity index (χ3v) is 5.80. The third kappa shape index (κ3) is 6.90. The second-order valence-electron chi connectivity index (χ2n) is 8.07. The van der Waals surface area contributed by atoms with Gasteiger partial charge in [-0.3, -0.25) is 9.89 Å². The smallest absolute Gasteiger partial charge is 0.191 e. The Balaban J connectivity index is 0.00000392. The van der Waals surface area contributed by atoms with Crippen LogP contribution in [0.4, 0.5) is 0 Å². The lowest BCUT2D eigenvalue weighted by Crippen LogP contribution is -2.51. The molecule has 1 atom stereocenters. The summed E-state index contributed by atoms with van der Waals surface area (Å²) in [7, 11) is 1.83. The molecule has 2 rings (SSSR count). The van der Waals surface area contributed by atoms with E-state index in [1.165, 1.54) is 31.5 Å². The van der Waals surface area contributed by atoms with Gasteiger partial charge in [0.2, 0.25) is 0 Å². The van der Waals surface area contributed by atoms with Crippen LogP contribution >= 0.6 is 24.0 Å². The first-order valence-electron chi connectivity index (χ1n) is 10.6. The summed E-state index contributed by atoms with van der Waals surface area (Å²) in [5.74, 6) is 3.29. The lowest BCUT2D eigenvalue weighted by molar-refractivity contribution is 0.110. The number of aromatic nitrogens is 1. The first kappa shape index (κ1) is 25.2. The van der Waals surface area contributed by atoms with Gasteiger partial charge in [0.15, 0.2) is 5.96 Å². The van der Waals surface area contributed by atoms with Crippen molar-refractivity contribution in [2.24, 2.45) is 16.8 Å². The number of piperidine rings is 1. The van der Waals surface area contributed by atoms with E-state index in [9.17, 15) is 0 Å². The van der Waals surface area contributed by atoms with Gasteiger partial charge in [0.25, 0.3) is 0 Å². The van der Waals surface area contributed by atoms with Crippen LogP contribution in [-0.2, 0) is 19.4 Å². The maximum Gasteiger partial charge on any atom is 0.191 e. The molecular formula is C21H40IN5O. The molecule has 7 heteroatoms. The molecule has 0 saturated carbocycles. The lowest BCUT2D eigenvalue weighted by Gasteiger charge is -2.39. The predicted octanol–water partition coefficient (Wildman–Crippen LogP) is 3.84. The molecule has 2 N–H and O–H groups in total. The fourth-order valence-electron chi connectivity index (χ4n) is 3.88. The Morgan fingerprint density at radius 1 is 1.21 bits per heavy atom. The molecule has 0 aromatic carbocycles. The van der Waals surface area contributed by atoms with Gasteiger partial charge in [-0.1, -0.05) is 39.8 Å². The van der Waals surface area contributed by atoms with Crippen molar-refractivity contribution < 1.29 is 4.52 Å². The number of aliphatic imine (C=N–C) groups is 1. The van der Waals surface area contributed by atoms with E-state index in [4.69, 9.17) is 4.52 Å². The van der Waals surface area contributed by atoms with E-state index in [2.05, 4.69) is 60.3 Å². The number of nitrogens with zero attached hydrogens (tertiary/aromatic N) is 3. The van der Waals surface area contributed by atoms with E-state index in [0.29, 0.717) is 18.5 Å².